The van der Waals surface area contributed by atoms with E-state index in [1.165, 1.54) is 161 Å². The Labute approximate surface area is 537 Å². The summed E-state index contributed by atoms with van der Waals surface area (Å²) in [6, 6.07) is 0. The summed E-state index contributed by atoms with van der Waals surface area (Å²) in [5.74, 6) is -0.837. The lowest BCUT2D eigenvalue weighted by atomic mass is 10.0. The number of esters is 2. The molecular weight excluding hydrogens is 1100 g/mol. The van der Waals surface area contributed by atoms with Crippen molar-refractivity contribution < 1.29 is 42.1 Å². The van der Waals surface area contributed by atoms with Crippen molar-refractivity contribution in [3.63, 3.8) is 0 Å². The Hall–Kier alpha value is -3.59. The van der Waals surface area contributed by atoms with Gasteiger partial charge in [0.15, 0.2) is 6.10 Å². The summed E-state index contributed by atoms with van der Waals surface area (Å²) in [6.45, 7) is 4.15. The summed E-state index contributed by atoms with van der Waals surface area (Å²) in [4.78, 5) is 38.1. The van der Waals surface area contributed by atoms with Crippen molar-refractivity contribution >= 4 is 19.8 Å². The van der Waals surface area contributed by atoms with Crippen LogP contribution in [-0.4, -0.2) is 70.0 Å². The number of ether oxygens (including phenoxy) is 2. The predicted molar refractivity (Wildman–Crippen MR) is 374 cm³/mol. The zero-order chi connectivity index (χ0) is 63.4. The Kier molecular flexibility index (Phi) is 64.1. The van der Waals surface area contributed by atoms with Crippen molar-refractivity contribution in [3.8, 4) is 0 Å². The first kappa shape index (κ1) is 83.4. The van der Waals surface area contributed by atoms with Gasteiger partial charge in [-0.1, -0.05) is 322 Å². The summed E-state index contributed by atoms with van der Waals surface area (Å²) < 4.78 is 34.3. The van der Waals surface area contributed by atoms with E-state index in [0.717, 1.165) is 109 Å². The van der Waals surface area contributed by atoms with Crippen molar-refractivity contribution in [2.75, 3.05) is 47.5 Å². The number of hydrogen-bond donors (Lipinski definition) is 0. The van der Waals surface area contributed by atoms with Gasteiger partial charge in [0.05, 0.1) is 27.7 Å². The molecule has 500 valence electrons. The third-order valence-corrected chi connectivity index (χ3v) is 16.2. The van der Waals surface area contributed by atoms with E-state index in [0.29, 0.717) is 17.4 Å². The molecule has 0 bridgehead atoms. The number of likely N-dealkylation sites (N-methyl/N-ethyl adjacent to an activating group) is 1. The highest BCUT2D eigenvalue weighted by Crippen LogP contribution is 2.38. The van der Waals surface area contributed by atoms with Gasteiger partial charge in [-0.15, -0.1) is 0 Å². The minimum atomic E-state index is -4.65. The van der Waals surface area contributed by atoms with Gasteiger partial charge in [0.2, 0.25) is 0 Å². The Balaban J connectivity index is 4.10. The van der Waals surface area contributed by atoms with E-state index in [2.05, 4.69) is 135 Å². The first-order valence-electron chi connectivity index (χ1n) is 35.7. The molecule has 0 rings (SSSR count). The third kappa shape index (κ3) is 71.4. The number of nitrogens with zero attached hydrogens (tertiary/aromatic N) is 1. The second kappa shape index (κ2) is 66.8. The van der Waals surface area contributed by atoms with Gasteiger partial charge < -0.3 is 27.9 Å². The van der Waals surface area contributed by atoms with Crippen LogP contribution in [0.15, 0.2) is 122 Å². The van der Waals surface area contributed by atoms with Gasteiger partial charge in [-0.25, -0.2) is 0 Å². The number of quaternary nitrogens is 1. The zero-order valence-corrected chi connectivity index (χ0v) is 57.8. The quantitative estimate of drug-likeness (QED) is 0.0195. The van der Waals surface area contributed by atoms with Crippen LogP contribution in [0.25, 0.3) is 0 Å². The fraction of sp³-hybridized carbons (Fsp3) is 0.714. The number of allylic oxidation sites excluding steroid dienone is 20. The van der Waals surface area contributed by atoms with Crippen molar-refractivity contribution in [1.29, 1.82) is 0 Å². The highest BCUT2D eigenvalue weighted by molar-refractivity contribution is 7.45. The van der Waals surface area contributed by atoms with Gasteiger partial charge in [-0.05, 0) is 89.9 Å². The van der Waals surface area contributed by atoms with Crippen molar-refractivity contribution in [2.45, 2.75) is 309 Å². The van der Waals surface area contributed by atoms with E-state index in [4.69, 9.17) is 18.5 Å². The molecule has 0 saturated carbocycles. The number of unbranched alkanes of at least 4 members (excludes halogenated alkanes) is 31. The monoisotopic (exact) mass is 1230 g/mol. The molecule has 0 saturated heterocycles. The summed E-state index contributed by atoms with van der Waals surface area (Å²) >= 11 is 0. The van der Waals surface area contributed by atoms with E-state index in [1.54, 1.807) is 0 Å². The van der Waals surface area contributed by atoms with Crippen LogP contribution in [0.2, 0.25) is 0 Å². The Morgan fingerprint density at radius 1 is 0.368 bits per heavy atom. The van der Waals surface area contributed by atoms with E-state index in [9.17, 15) is 19.0 Å². The molecule has 0 heterocycles. The van der Waals surface area contributed by atoms with Crippen LogP contribution in [0.5, 0.6) is 0 Å². The lowest BCUT2D eigenvalue weighted by Crippen LogP contribution is -2.37. The van der Waals surface area contributed by atoms with Crippen LogP contribution in [0.1, 0.15) is 303 Å². The van der Waals surface area contributed by atoms with Crippen molar-refractivity contribution in [2.24, 2.45) is 0 Å². The molecule has 9 nitrogen and oxygen atoms in total. The summed E-state index contributed by atoms with van der Waals surface area (Å²) in [5, 5.41) is 0. The smallest absolute Gasteiger partial charge is 0.306 e. The van der Waals surface area contributed by atoms with Crippen LogP contribution in [0.4, 0.5) is 0 Å². The van der Waals surface area contributed by atoms with Gasteiger partial charge in [-0.3, -0.25) is 14.2 Å². The van der Waals surface area contributed by atoms with Gasteiger partial charge in [0.1, 0.15) is 19.8 Å². The zero-order valence-electron chi connectivity index (χ0n) is 56.9. The number of phosphoric acid groups is 1. The number of rotatable bonds is 65. The average Bonchev–Trinajstić information content (AvgIpc) is 3.68. The molecule has 0 aliphatic rings. The molecule has 0 aliphatic heterocycles. The minimum Gasteiger partial charge on any atom is -0.756 e. The van der Waals surface area contributed by atoms with E-state index < -0.39 is 26.5 Å². The van der Waals surface area contributed by atoms with Crippen LogP contribution in [0, 0.1) is 0 Å². The average molecular weight is 1230 g/mol. The topological polar surface area (TPSA) is 111 Å². The molecule has 0 spiro atoms. The van der Waals surface area contributed by atoms with E-state index in [-0.39, 0.29) is 32.0 Å². The molecule has 10 heteroatoms. The Morgan fingerprint density at radius 3 is 0.977 bits per heavy atom. The van der Waals surface area contributed by atoms with E-state index in [1.807, 2.05) is 21.1 Å². The minimum absolute atomic E-state index is 0.0363. The molecule has 0 aromatic carbocycles. The maximum absolute atomic E-state index is 12.9. The normalized spacial score (nSPS) is 13.9. The fourth-order valence-electron chi connectivity index (χ4n) is 9.80. The molecule has 0 radical (unpaired) electrons. The molecule has 2 atom stereocenters. The summed E-state index contributed by atoms with van der Waals surface area (Å²) in [5.41, 5.74) is 0. The number of carbonyl (C=O) groups excluding carboxylic acids is 2. The predicted octanol–water partition coefficient (Wildman–Crippen LogP) is 22.8. The lowest BCUT2D eigenvalue weighted by molar-refractivity contribution is -0.870. The highest BCUT2D eigenvalue weighted by atomic mass is 31.2. The Morgan fingerprint density at radius 2 is 0.655 bits per heavy atom. The Bertz CT molecular complexity index is 1880. The van der Waals surface area contributed by atoms with Gasteiger partial charge in [-0.2, -0.15) is 0 Å². The maximum atomic E-state index is 12.9. The summed E-state index contributed by atoms with van der Waals surface area (Å²) in [7, 11) is 1.16. The first-order valence-corrected chi connectivity index (χ1v) is 37.2. The molecule has 0 aromatic rings. The number of phosphoric ester groups is 1. The molecule has 0 amide bonds. The molecular formula is C77H134NO8P. The number of carbonyl (C=O) groups is 2. The second-order valence-corrected chi connectivity index (χ2v) is 26.3. The standard InChI is InChI=1S/C77H134NO8P/c1-6-8-10-12-14-16-18-20-22-24-26-28-30-32-33-34-35-36-37-38-39-40-41-42-43-44-45-46-48-50-52-54-56-58-60-62-64-66-68-70-77(80)86-75(74-85-87(81,82)84-72-71-78(3,4)5)73-83-76(79)69-67-65-63-61-59-57-55-53-51-49-47-31-29-27-25-23-21-19-17-15-13-11-9-7-2/h8,10,14,16,20,22,26,28,32-33,35-36,38-39,41-42,44-45,48,50,75H,6-7,9,11-13,15,17-19,21,23-25,27,29-31,34,37,40,43,46-47,49,51-74H2,1-5H3/b10-8-,16-14-,22-20-,28-26-,33-32-,36-35-,39-38-,42-41-,45-44-,50-48-. The molecule has 0 aliphatic carbocycles. The summed E-state index contributed by atoms with van der Waals surface area (Å²) in [6.07, 6.45) is 95.6. The van der Waals surface area contributed by atoms with Crippen molar-refractivity contribution in [1.82, 2.24) is 0 Å². The molecule has 0 aromatic heterocycles. The highest BCUT2D eigenvalue weighted by Gasteiger charge is 2.22. The first-order chi connectivity index (χ1) is 42.5. The lowest BCUT2D eigenvalue weighted by Gasteiger charge is -2.28. The van der Waals surface area contributed by atoms with Crippen molar-refractivity contribution in [3.05, 3.63) is 122 Å². The van der Waals surface area contributed by atoms with E-state index >= 15 is 0 Å². The SMILES string of the molecule is CC/C=C\C/C=C\C/C=C\C/C=C\C/C=C\C/C=C\C/C=C\C/C=C\C/C=C\C/C=C\CCCCCCCCCCC(=O)OC(COC(=O)CCCCCCCCCCCCCCCCCCCCCCCCCC)COP(=O)([O-])OCC[N+](C)(C)C. The fourth-order valence-corrected chi connectivity index (χ4v) is 10.5. The van der Waals surface area contributed by atoms with Crippen LogP contribution in [-0.2, 0) is 32.7 Å². The van der Waals surface area contributed by atoms with Crippen LogP contribution >= 0.6 is 7.82 Å². The van der Waals surface area contributed by atoms with Crippen LogP contribution in [0.3, 0.4) is 0 Å². The number of hydrogen-bond acceptors (Lipinski definition) is 8. The maximum Gasteiger partial charge on any atom is 0.306 e. The largest absolute Gasteiger partial charge is 0.756 e. The van der Waals surface area contributed by atoms with Gasteiger partial charge >= 0.3 is 11.9 Å². The second-order valence-electron chi connectivity index (χ2n) is 24.9. The molecule has 0 fully saturated rings. The third-order valence-electron chi connectivity index (χ3n) is 15.2. The van der Waals surface area contributed by atoms with Gasteiger partial charge in [0, 0.05) is 12.8 Å². The molecule has 2 unspecified atom stereocenters. The molecule has 87 heavy (non-hydrogen) atoms. The van der Waals surface area contributed by atoms with Crippen LogP contribution < -0.4 is 4.89 Å². The van der Waals surface area contributed by atoms with Gasteiger partial charge in [0.25, 0.3) is 7.82 Å². The molecule has 0 N–H and O–H groups in total.